The molecule has 0 radical (unpaired) electrons. The first-order chi connectivity index (χ1) is 8.51. The zero-order chi connectivity index (χ0) is 13.2. The van der Waals surface area contributed by atoms with Crippen molar-refractivity contribution >= 4 is 27.1 Å². The molecule has 1 atom stereocenters. The van der Waals surface area contributed by atoms with Gasteiger partial charge in [-0.25, -0.2) is 8.42 Å². The zero-order valence-corrected chi connectivity index (χ0v) is 12.1. The molecule has 0 fully saturated rings. The lowest BCUT2D eigenvalue weighted by Crippen LogP contribution is -2.36. The Morgan fingerprint density at radius 1 is 1.56 bits per heavy atom. The van der Waals surface area contributed by atoms with Crippen molar-refractivity contribution in [3.8, 4) is 0 Å². The summed E-state index contributed by atoms with van der Waals surface area (Å²) in [5.41, 5.74) is 0. The minimum absolute atomic E-state index is 0.145. The van der Waals surface area contributed by atoms with Crippen LogP contribution in [0.4, 0.5) is 0 Å². The van der Waals surface area contributed by atoms with Crippen molar-refractivity contribution in [2.24, 2.45) is 4.99 Å². The number of hydrogen-bond acceptors (Lipinski definition) is 6. The molecule has 7 heteroatoms. The van der Waals surface area contributed by atoms with Crippen molar-refractivity contribution in [2.45, 2.75) is 30.6 Å². The topological polar surface area (TPSA) is 70.6 Å². The van der Waals surface area contributed by atoms with Gasteiger partial charge in [0.15, 0.2) is 15.8 Å². The van der Waals surface area contributed by atoms with Gasteiger partial charge in [-0.2, -0.15) is 0 Å². The Hall–Kier alpha value is -1.08. The zero-order valence-electron chi connectivity index (χ0n) is 10.4. The van der Waals surface area contributed by atoms with E-state index in [9.17, 15) is 8.42 Å². The quantitative estimate of drug-likeness (QED) is 0.866. The predicted octanol–water partition coefficient (Wildman–Crippen LogP) is 0.979. The number of rotatable bonds is 4. The van der Waals surface area contributed by atoms with Crippen LogP contribution < -0.4 is 10.6 Å². The number of aliphatic imine (C=N–C) groups is 1. The van der Waals surface area contributed by atoms with Gasteiger partial charge in [-0.15, -0.1) is 11.3 Å². The average molecular weight is 287 g/mol. The first kappa shape index (κ1) is 13.4. The van der Waals surface area contributed by atoms with Gasteiger partial charge in [-0.1, -0.05) is 6.92 Å². The summed E-state index contributed by atoms with van der Waals surface area (Å²) in [4.78, 5) is 5.28. The highest BCUT2D eigenvalue weighted by Crippen LogP contribution is 2.22. The second kappa shape index (κ2) is 5.27. The summed E-state index contributed by atoms with van der Waals surface area (Å²) in [6, 6.07) is 3.89. The smallest absolute Gasteiger partial charge is 0.191 e. The van der Waals surface area contributed by atoms with Crippen molar-refractivity contribution in [3.63, 3.8) is 0 Å². The van der Waals surface area contributed by atoms with E-state index in [4.69, 9.17) is 0 Å². The van der Waals surface area contributed by atoms with Crippen LogP contribution in [-0.2, 0) is 16.4 Å². The summed E-state index contributed by atoms with van der Waals surface area (Å²) < 4.78 is 23.8. The number of nitrogens with zero attached hydrogens (tertiary/aromatic N) is 1. The van der Waals surface area contributed by atoms with Gasteiger partial charge in [0.1, 0.15) is 4.21 Å². The largest absolute Gasteiger partial charge is 0.352 e. The summed E-state index contributed by atoms with van der Waals surface area (Å²) in [7, 11) is -3.08. The number of nitrogens with one attached hydrogen (secondary N) is 2. The van der Waals surface area contributed by atoms with Gasteiger partial charge in [0.05, 0.1) is 18.8 Å². The van der Waals surface area contributed by atoms with Crippen LogP contribution in [-0.4, -0.2) is 32.7 Å². The lowest BCUT2D eigenvalue weighted by Gasteiger charge is -2.07. The third-order valence-corrected chi connectivity index (χ3v) is 6.06. The third-order valence-electron chi connectivity index (χ3n) is 2.66. The van der Waals surface area contributed by atoms with Crippen LogP contribution in [0.25, 0.3) is 0 Å². The molecule has 0 saturated carbocycles. The molecule has 100 valence electrons. The summed E-state index contributed by atoms with van der Waals surface area (Å²) in [5, 5.41) is 6.36. The van der Waals surface area contributed by atoms with Crippen LogP contribution in [0.1, 0.15) is 18.7 Å². The number of guanidine groups is 1. The van der Waals surface area contributed by atoms with E-state index in [0.717, 1.165) is 17.4 Å². The molecule has 2 N–H and O–H groups in total. The minimum Gasteiger partial charge on any atom is -0.352 e. The van der Waals surface area contributed by atoms with Crippen LogP contribution in [0.2, 0.25) is 0 Å². The van der Waals surface area contributed by atoms with Gasteiger partial charge in [0.2, 0.25) is 0 Å². The number of hydrogen-bond donors (Lipinski definition) is 2. The van der Waals surface area contributed by atoms with Crippen molar-refractivity contribution in [1.29, 1.82) is 0 Å². The molecule has 0 aliphatic carbocycles. The molecule has 0 aromatic carbocycles. The van der Waals surface area contributed by atoms with Crippen molar-refractivity contribution in [1.82, 2.24) is 10.6 Å². The molecule has 1 unspecified atom stereocenters. The second-order valence-corrected chi connectivity index (χ2v) is 7.89. The summed E-state index contributed by atoms with van der Waals surface area (Å²) in [6.45, 7) is 5.10. The first-order valence-corrected chi connectivity index (χ1v) is 8.34. The van der Waals surface area contributed by atoms with Crippen molar-refractivity contribution in [2.75, 3.05) is 12.3 Å². The molecule has 0 bridgehead atoms. The van der Waals surface area contributed by atoms with Gasteiger partial charge in [0.25, 0.3) is 0 Å². The van der Waals surface area contributed by atoms with E-state index in [-0.39, 0.29) is 5.75 Å². The van der Waals surface area contributed by atoms with Gasteiger partial charge in [-0.05, 0) is 19.1 Å². The Labute approximate surface area is 111 Å². The van der Waals surface area contributed by atoms with Gasteiger partial charge < -0.3 is 10.6 Å². The van der Waals surface area contributed by atoms with Gasteiger partial charge >= 0.3 is 0 Å². The monoisotopic (exact) mass is 287 g/mol. The van der Waals surface area contributed by atoms with Crippen LogP contribution in [0, 0.1) is 0 Å². The maximum atomic E-state index is 11.7. The Kier molecular flexibility index (Phi) is 3.91. The highest BCUT2D eigenvalue weighted by molar-refractivity contribution is 7.93. The van der Waals surface area contributed by atoms with Crippen molar-refractivity contribution in [3.05, 3.63) is 17.0 Å². The molecule has 0 amide bonds. The van der Waals surface area contributed by atoms with Gasteiger partial charge in [0, 0.05) is 10.9 Å². The lowest BCUT2D eigenvalue weighted by atomic mass is 10.4. The molecular formula is C11H17N3O2S2. The van der Waals surface area contributed by atoms with Gasteiger partial charge in [-0.3, -0.25) is 4.99 Å². The lowest BCUT2D eigenvalue weighted by molar-refractivity contribution is 0.599. The molecule has 1 aromatic rings. The third kappa shape index (κ3) is 3.02. The molecule has 5 nitrogen and oxygen atoms in total. The van der Waals surface area contributed by atoms with Crippen LogP contribution in [0.3, 0.4) is 0 Å². The number of sulfone groups is 1. The fraction of sp³-hybridized carbons (Fsp3) is 0.545. The highest BCUT2D eigenvalue weighted by atomic mass is 32.2. The van der Waals surface area contributed by atoms with Crippen LogP contribution in [0.5, 0.6) is 0 Å². The maximum Gasteiger partial charge on any atom is 0.191 e. The summed E-state index contributed by atoms with van der Waals surface area (Å²) in [5.74, 6) is 0.933. The van der Waals surface area contributed by atoms with Crippen LogP contribution in [0.15, 0.2) is 21.3 Å². The molecule has 0 saturated heterocycles. The molecule has 2 rings (SSSR count). The summed E-state index contributed by atoms with van der Waals surface area (Å²) >= 11 is 1.32. The number of thiophene rings is 1. The Morgan fingerprint density at radius 2 is 2.33 bits per heavy atom. The molecule has 1 aliphatic heterocycles. The fourth-order valence-electron chi connectivity index (χ4n) is 1.59. The molecule has 18 heavy (non-hydrogen) atoms. The molecule has 0 spiro atoms. The van der Waals surface area contributed by atoms with E-state index in [1.807, 2.05) is 6.07 Å². The van der Waals surface area contributed by atoms with E-state index < -0.39 is 9.84 Å². The van der Waals surface area contributed by atoms with E-state index in [2.05, 4.69) is 22.5 Å². The van der Waals surface area contributed by atoms with E-state index in [1.165, 1.54) is 11.3 Å². The fourth-order valence-corrected chi connectivity index (χ4v) is 4.01. The molecular weight excluding hydrogens is 270 g/mol. The maximum absolute atomic E-state index is 11.7. The summed E-state index contributed by atoms with van der Waals surface area (Å²) in [6.07, 6.45) is 0. The SMILES string of the molecule is CCS(=O)(=O)c1ccc(CNC2=NCC(C)N2)s1. The Morgan fingerprint density at radius 3 is 2.94 bits per heavy atom. The standard InChI is InChI=1S/C11H17N3O2S2/c1-3-18(15,16)10-5-4-9(17-10)7-13-11-12-6-8(2)14-11/h4-5,8H,3,6-7H2,1-2H3,(H2,12,13,14). The molecule has 1 aromatic heterocycles. The minimum atomic E-state index is -3.08. The van der Waals surface area contributed by atoms with E-state index in [0.29, 0.717) is 16.8 Å². The Balaban J connectivity index is 1.95. The van der Waals surface area contributed by atoms with E-state index in [1.54, 1.807) is 13.0 Å². The average Bonchev–Trinajstić information content (AvgIpc) is 2.95. The Bertz CT molecular complexity index is 548. The normalized spacial score (nSPS) is 19.4. The van der Waals surface area contributed by atoms with Crippen LogP contribution >= 0.6 is 11.3 Å². The second-order valence-electron chi connectivity index (χ2n) is 4.21. The molecule has 1 aliphatic rings. The highest BCUT2D eigenvalue weighted by Gasteiger charge is 2.15. The van der Waals surface area contributed by atoms with E-state index >= 15 is 0 Å². The first-order valence-electron chi connectivity index (χ1n) is 5.87. The molecule has 2 heterocycles. The predicted molar refractivity (Wildman–Crippen MR) is 73.8 cm³/mol. The van der Waals surface area contributed by atoms with Crippen molar-refractivity contribution < 1.29 is 8.42 Å².